The molecule has 0 bridgehead atoms. The lowest BCUT2D eigenvalue weighted by atomic mass is 10.2. The fourth-order valence-electron chi connectivity index (χ4n) is 3.48. The molecule has 7 heteroatoms. The zero-order chi connectivity index (χ0) is 20.5. The number of anilines is 1. The van der Waals surface area contributed by atoms with E-state index in [1.807, 2.05) is 19.2 Å². The second-order valence-corrected chi connectivity index (χ2v) is 7.17. The Labute approximate surface area is 197 Å². The summed E-state index contributed by atoms with van der Waals surface area (Å²) in [5.74, 6) is 2.36. The predicted octanol–water partition coefficient (Wildman–Crippen LogP) is 4.05. The number of hydrogen-bond acceptors (Lipinski definition) is 4. The van der Waals surface area contributed by atoms with E-state index >= 15 is 0 Å². The van der Waals surface area contributed by atoms with Gasteiger partial charge in [0.15, 0.2) is 17.5 Å². The van der Waals surface area contributed by atoms with E-state index < -0.39 is 0 Å². The number of ether oxygens (including phenoxy) is 2. The molecule has 6 nitrogen and oxygen atoms in total. The van der Waals surface area contributed by atoms with Gasteiger partial charge in [-0.3, -0.25) is 4.99 Å². The van der Waals surface area contributed by atoms with Crippen molar-refractivity contribution in [3.05, 3.63) is 54.1 Å². The van der Waals surface area contributed by atoms with Gasteiger partial charge in [-0.2, -0.15) is 0 Å². The Morgan fingerprint density at radius 3 is 2.67 bits per heavy atom. The van der Waals surface area contributed by atoms with Crippen LogP contribution in [0.3, 0.4) is 0 Å². The summed E-state index contributed by atoms with van der Waals surface area (Å²) >= 11 is 0. The summed E-state index contributed by atoms with van der Waals surface area (Å²) in [7, 11) is 3.48. The minimum atomic E-state index is 0. The predicted molar refractivity (Wildman–Crippen MR) is 135 cm³/mol. The maximum Gasteiger partial charge on any atom is 0.191 e. The Morgan fingerprint density at radius 1 is 1.17 bits per heavy atom. The van der Waals surface area contributed by atoms with Crippen LogP contribution in [0.4, 0.5) is 5.69 Å². The zero-order valence-electron chi connectivity index (χ0n) is 18.1. The first-order valence-electron chi connectivity index (χ1n) is 10.3. The van der Waals surface area contributed by atoms with Crippen molar-refractivity contribution in [3.63, 3.8) is 0 Å². The van der Waals surface area contributed by atoms with Crippen LogP contribution in [0.15, 0.2) is 53.5 Å². The van der Waals surface area contributed by atoms with Gasteiger partial charge in [-0.05, 0) is 42.7 Å². The standard InChI is InChI=1S/C23H32N4O2.HI/c1-4-14-29-21-11-10-18(15-22(21)28-3)16-25-23(24-2)26-19-12-13-27(17-19)20-8-6-5-7-9-20;/h5-11,15,19H,4,12-14,16-17H2,1-3H3,(H2,24,25,26);1H. The molecular weight excluding hydrogens is 491 g/mol. The fourth-order valence-corrected chi connectivity index (χ4v) is 3.48. The van der Waals surface area contributed by atoms with Crippen LogP contribution in [0.2, 0.25) is 0 Å². The summed E-state index contributed by atoms with van der Waals surface area (Å²) in [5.41, 5.74) is 2.39. The van der Waals surface area contributed by atoms with Gasteiger partial charge in [0.2, 0.25) is 0 Å². The molecule has 0 saturated carbocycles. The molecule has 30 heavy (non-hydrogen) atoms. The van der Waals surface area contributed by atoms with Crippen LogP contribution in [-0.4, -0.2) is 45.9 Å². The highest BCUT2D eigenvalue weighted by Crippen LogP contribution is 2.28. The van der Waals surface area contributed by atoms with E-state index in [0.29, 0.717) is 19.2 Å². The Kier molecular flexibility index (Phi) is 10.1. The van der Waals surface area contributed by atoms with Crippen LogP contribution >= 0.6 is 24.0 Å². The lowest BCUT2D eigenvalue weighted by Gasteiger charge is -2.20. The average Bonchev–Trinajstić information content (AvgIpc) is 3.24. The maximum absolute atomic E-state index is 5.73. The van der Waals surface area contributed by atoms with Crippen molar-refractivity contribution in [1.82, 2.24) is 10.6 Å². The molecular formula is C23H33IN4O2. The number of aliphatic imine (C=N–C) groups is 1. The Morgan fingerprint density at radius 2 is 1.97 bits per heavy atom. The number of benzene rings is 2. The van der Waals surface area contributed by atoms with Crippen molar-refractivity contribution in [3.8, 4) is 11.5 Å². The molecule has 2 N–H and O–H groups in total. The molecule has 3 rings (SSSR count). The smallest absolute Gasteiger partial charge is 0.191 e. The van der Waals surface area contributed by atoms with Crippen LogP contribution in [0, 0.1) is 0 Å². The molecule has 1 saturated heterocycles. The number of para-hydroxylation sites is 1. The molecule has 1 unspecified atom stereocenters. The van der Waals surface area contributed by atoms with Crippen LogP contribution < -0.4 is 25.0 Å². The molecule has 0 aliphatic carbocycles. The van der Waals surface area contributed by atoms with Crippen LogP contribution in [0.5, 0.6) is 11.5 Å². The van der Waals surface area contributed by atoms with Gasteiger partial charge in [-0.25, -0.2) is 0 Å². The molecule has 2 aromatic rings. The summed E-state index contributed by atoms with van der Waals surface area (Å²) < 4.78 is 11.2. The number of rotatable bonds is 8. The van der Waals surface area contributed by atoms with Crippen LogP contribution in [-0.2, 0) is 6.54 Å². The molecule has 1 aliphatic heterocycles. The Bertz CT molecular complexity index is 801. The highest BCUT2D eigenvalue weighted by Gasteiger charge is 2.23. The molecule has 1 heterocycles. The SMILES string of the molecule is CCCOc1ccc(CNC(=NC)NC2CCN(c3ccccc3)C2)cc1OC.I. The fraction of sp³-hybridized carbons (Fsp3) is 0.435. The van der Waals surface area contributed by atoms with Crippen LogP contribution in [0.25, 0.3) is 0 Å². The van der Waals surface area contributed by atoms with Crippen molar-refractivity contribution in [2.75, 3.05) is 38.8 Å². The van der Waals surface area contributed by atoms with Gasteiger partial charge in [0.25, 0.3) is 0 Å². The Balaban J connectivity index is 0.00000320. The van der Waals surface area contributed by atoms with Gasteiger partial charge >= 0.3 is 0 Å². The maximum atomic E-state index is 5.73. The number of guanidine groups is 1. The molecule has 0 radical (unpaired) electrons. The van der Waals surface area contributed by atoms with E-state index in [2.05, 4.69) is 63.8 Å². The van der Waals surface area contributed by atoms with Gasteiger partial charge in [0, 0.05) is 38.4 Å². The number of nitrogens with zero attached hydrogens (tertiary/aromatic N) is 2. The molecule has 2 aromatic carbocycles. The van der Waals surface area contributed by atoms with Gasteiger partial charge in [0.1, 0.15) is 0 Å². The minimum Gasteiger partial charge on any atom is -0.493 e. The van der Waals surface area contributed by atoms with Gasteiger partial charge < -0.3 is 25.0 Å². The van der Waals surface area contributed by atoms with Gasteiger partial charge in [-0.15, -0.1) is 24.0 Å². The molecule has 0 spiro atoms. The monoisotopic (exact) mass is 524 g/mol. The third kappa shape index (κ3) is 6.68. The first-order valence-corrected chi connectivity index (χ1v) is 10.3. The quantitative estimate of drug-likeness (QED) is 0.310. The Hall–Kier alpha value is -2.16. The number of hydrogen-bond donors (Lipinski definition) is 2. The minimum absolute atomic E-state index is 0. The third-order valence-corrected chi connectivity index (χ3v) is 5.02. The first-order chi connectivity index (χ1) is 14.2. The molecule has 1 aliphatic rings. The zero-order valence-corrected chi connectivity index (χ0v) is 20.4. The second kappa shape index (κ2) is 12.5. The number of halogens is 1. The molecule has 0 amide bonds. The van der Waals surface area contributed by atoms with Crippen molar-refractivity contribution in [2.45, 2.75) is 32.4 Å². The number of nitrogens with one attached hydrogen (secondary N) is 2. The summed E-state index contributed by atoms with van der Waals surface area (Å²) in [5, 5.41) is 6.95. The van der Waals surface area contributed by atoms with Gasteiger partial charge in [0.05, 0.1) is 13.7 Å². The molecule has 0 aromatic heterocycles. The second-order valence-electron chi connectivity index (χ2n) is 7.17. The lowest BCUT2D eigenvalue weighted by Crippen LogP contribution is -2.44. The number of methoxy groups -OCH3 is 1. The molecule has 1 atom stereocenters. The molecule has 164 valence electrons. The van der Waals surface area contributed by atoms with Gasteiger partial charge in [-0.1, -0.05) is 31.2 Å². The van der Waals surface area contributed by atoms with E-state index in [9.17, 15) is 0 Å². The average molecular weight is 524 g/mol. The topological polar surface area (TPSA) is 58.1 Å². The van der Waals surface area contributed by atoms with Crippen molar-refractivity contribution >= 4 is 35.6 Å². The highest BCUT2D eigenvalue weighted by molar-refractivity contribution is 14.0. The first kappa shape index (κ1) is 24.1. The van der Waals surface area contributed by atoms with Crippen molar-refractivity contribution in [1.29, 1.82) is 0 Å². The van der Waals surface area contributed by atoms with E-state index in [-0.39, 0.29) is 24.0 Å². The van der Waals surface area contributed by atoms with Crippen molar-refractivity contribution in [2.24, 2.45) is 4.99 Å². The highest BCUT2D eigenvalue weighted by atomic mass is 127. The largest absolute Gasteiger partial charge is 0.493 e. The van der Waals surface area contributed by atoms with E-state index in [0.717, 1.165) is 49.0 Å². The van der Waals surface area contributed by atoms with E-state index in [1.165, 1.54) is 5.69 Å². The van der Waals surface area contributed by atoms with E-state index in [1.54, 1.807) is 7.11 Å². The summed E-state index contributed by atoms with van der Waals surface area (Å²) in [6.07, 6.45) is 2.06. The van der Waals surface area contributed by atoms with Crippen molar-refractivity contribution < 1.29 is 9.47 Å². The normalized spacial score (nSPS) is 16.0. The van der Waals surface area contributed by atoms with Crippen LogP contribution in [0.1, 0.15) is 25.3 Å². The van der Waals surface area contributed by atoms with E-state index in [4.69, 9.17) is 9.47 Å². The lowest BCUT2D eigenvalue weighted by molar-refractivity contribution is 0.294. The molecule has 1 fully saturated rings. The summed E-state index contributed by atoms with van der Waals surface area (Å²) in [4.78, 5) is 6.79. The third-order valence-electron chi connectivity index (χ3n) is 5.02. The summed E-state index contributed by atoms with van der Waals surface area (Å²) in [6, 6.07) is 17.0. The summed E-state index contributed by atoms with van der Waals surface area (Å²) in [6.45, 7) is 5.47.